The molecule has 9 aromatic carbocycles. The molecule has 2 heteroatoms. The summed E-state index contributed by atoms with van der Waals surface area (Å²) >= 11 is 0. The zero-order valence-corrected chi connectivity index (χ0v) is 35.2. The Hall–Kier alpha value is -6.64. The Morgan fingerprint density at radius 3 is 1.46 bits per heavy atom. The van der Waals surface area contributed by atoms with E-state index in [1.807, 2.05) is 0 Å². The number of fused-ring (bicyclic) bond motifs is 9. The van der Waals surface area contributed by atoms with Crippen molar-refractivity contribution < 1.29 is 0 Å². The van der Waals surface area contributed by atoms with Crippen molar-refractivity contribution in [2.24, 2.45) is 0 Å². The average Bonchev–Trinajstić information content (AvgIpc) is 3.53. The molecule has 0 unspecified atom stereocenters. The van der Waals surface area contributed by atoms with Crippen molar-refractivity contribution in [2.45, 2.75) is 70.6 Å². The fourth-order valence-electron chi connectivity index (χ4n) is 11.2. The standard InChI is InChI=1S/C59H50N2/c1-59(2)53-37-47(60(45-23-5-3-6-24-45)55-29-15-21-43-33-39-17-9-11-19-41(39)35-51(43)55)31-32-50(53)58-49-28-14-13-27-48(49)57(38-54(58)59)61(46-25-7-4-8-26-46)56-30-16-22-44-34-40-18-10-12-20-42(40)36-52(44)56/h3-8,13-16,21-38H,9-12,17-20H2,1-2H3. The molecule has 0 aromatic heterocycles. The van der Waals surface area contributed by atoms with E-state index in [4.69, 9.17) is 0 Å². The average molecular weight is 787 g/mol. The maximum Gasteiger partial charge on any atom is 0.0543 e. The largest absolute Gasteiger partial charge is 0.310 e. The maximum absolute atomic E-state index is 2.54. The monoisotopic (exact) mass is 786 g/mol. The summed E-state index contributed by atoms with van der Waals surface area (Å²) < 4.78 is 0. The van der Waals surface area contributed by atoms with Gasteiger partial charge in [-0.05, 0) is 179 Å². The number of aryl methyl sites for hydroxylation is 4. The molecule has 0 spiro atoms. The Labute approximate surface area is 359 Å². The first kappa shape index (κ1) is 36.2. The van der Waals surface area contributed by atoms with Gasteiger partial charge in [0.1, 0.15) is 0 Å². The number of rotatable bonds is 6. The fourth-order valence-corrected chi connectivity index (χ4v) is 11.2. The van der Waals surface area contributed by atoms with Crippen LogP contribution in [0.5, 0.6) is 0 Å². The minimum Gasteiger partial charge on any atom is -0.310 e. The van der Waals surface area contributed by atoms with E-state index in [0.29, 0.717) is 0 Å². The Morgan fingerprint density at radius 1 is 0.361 bits per heavy atom. The van der Waals surface area contributed by atoms with Crippen LogP contribution in [0.3, 0.4) is 0 Å². The van der Waals surface area contributed by atoms with Crippen LogP contribution in [0.1, 0.15) is 72.9 Å². The second-order valence-electron chi connectivity index (χ2n) is 18.2. The van der Waals surface area contributed by atoms with Gasteiger partial charge in [-0.3, -0.25) is 0 Å². The number of hydrogen-bond acceptors (Lipinski definition) is 2. The zero-order chi connectivity index (χ0) is 40.7. The SMILES string of the molecule is CC1(C)c2cc(N(c3ccccc3)c3cccc4cc5c(cc34)CCCC5)ccc2-c2c1cc(N(c1ccccc1)c1cccc3cc4c(cc13)CCCC4)c1ccccc21. The van der Waals surface area contributed by atoms with E-state index in [2.05, 4.69) is 194 Å². The molecule has 0 amide bonds. The Bertz CT molecular complexity index is 3180. The van der Waals surface area contributed by atoms with Crippen LogP contribution in [0.2, 0.25) is 0 Å². The summed E-state index contributed by atoms with van der Waals surface area (Å²) in [5, 5.41) is 7.84. The zero-order valence-electron chi connectivity index (χ0n) is 35.2. The van der Waals surface area contributed by atoms with Gasteiger partial charge in [-0.25, -0.2) is 0 Å². The van der Waals surface area contributed by atoms with Crippen LogP contribution < -0.4 is 9.80 Å². The normalized spacial score (nSPS) is 15.0. The summed E-state index contributed by atoms with van der Waals surface area (Å²) in [4.78, 5) is 5.04. The van der Waals surface area contributed by atoms with Crippen LogP contribution in [-0.4, -0.2) is 0 Å². The predicted molar refractivity (Wildman–Crippen MR) is 259 cm³/mol. The van der Waals surface area contributed by atoms with E-state index in [1.165, 1.54) is 149 Å². The molecule has 0 aliphatic heterocycles. The van der Waals surface area contributed by atoms with Gasteiger partial charge < -0.3 is 9.80 Å². The van der Waals surface area contributed by atoms with Crippen molar-refractivity contribution in [1.82, 2.24) is 0 Å². The fraction of sp³-hybridized carbons (Fsp3) is 0.186. The minimum atomic E-state index is -0.264. The highest BCUT2D eigenvalue weighted by Crippen LogP contribution is 2.56. The molecule has 0 saturated carbocycles. The highest BCUT2D eigenvalue weighted by molar-refractivity contribution is 6.12. The van der Waals surface area contributed by atoms with Crippen LogP contribution in [0.15, 0.2) is 170 Å². The third-order valence-corrected chi connectivity index (χ3v) is 14.3. The topological polar surface area (TPSA) is 6.48 Å². The maximum atomic E-state index is 2.54. The van der Waals surface area contributed by atoms with Crippen molar-refractivity contribution >= 4 is 66.4 Å². The summed E-state index contributed by atoms with van der Waals surface area (Å²) in [6, 6.07) is 64.6. The van der Waals surface area contributed by atoms with E-state index in [9.17, 15) is 0 Å². The van der Waals surface area contributed by atoms with Gasteiger partial charge in [0.25, 0.3) is 0 Å². The van der Waals surface area contributed by atoms with Gasteiger partial charge in [-0.15, -0.1) is 0 Å². The van der Waals surface area contributed by atoms with Crippen LogP contribution in [-0.2, 0) is 31.1 Å². The first-order valence-electron chi connectivity index (χ1n) is 22.5. The molecule has 0 fully saturated rings. The smallest absolute Gasteiger partial charge is 0.0543 e. The number of hydrogen-bond donors (Lipinski definition) is 0. The minimum absolute atomic E-state index is 0.264. The molecule has 61 heavy (non-hydrogen) atoms. The number of anilines is 6. The molecule has 0 bridgehead atoms. The van der Waals surface area contributed by atoms with Crippen LogP contribution in [0.4, 0.5) is 34.1 Å². The molecule has 9 aromatic rings. The van der Waals surface area contributed by atoms with E-state index >= 15 is 0 Å². The first-order valence-corrected chi connectivity index (χ1v) is 22.5. The van der Waals surface area contributed by atoms with Crippen molar-refractivity contribution in [3.63, 3.8) is 0 Å². The summed E-state index contributed by atoms with van der Waals surface area (Å²) in [6.07, 6.45) is 9.79. The summed E-state index contributed by atoms with van der Waals surface area (Å²) in [7, 11) is 0. The molecule has 2 nitrogen and oxygen atoms in total. The quantitative estimate of drug-likeness (QED) is 0.166. The van der Waals surface area contributed by atoms with Crippen LogP contribution >= 0.6 is 0 Å². The number of benzene rings is 9. The molecule has 3 aliphatic rings. The Balaban J connectivity index is 1.05. The lowest BCUT2D eigenvalue weighted by atomic mass is 9.81. The molecule has 0 atom stereocenters. The number of para-hydroxylation sites is 2. The summed E-state index contributed by atoms with van der Waals surface area (Å²) in [5.41, 5.74) is 18.4. The molecule has 296 valence electrons. The van der Waals surface area contributed by atoms with Gasteiger partial charge in [0.05, 0.1) is 17.1 Å². The lowest BCUT2D eigenvalue weighted by Crippen LogP contribution is -2.18. The molecular weight excluding hydrogens is 737 g/mol. The van der Waals surface area contributed by atoms with Gasteiger partial charge in [0, 0.05) is 38.6 Å². The third kappa shape index (κ3) is 5.83. The van der Waals surface area contributed by atoms with Crippen molar-refractivity contribution in [1.29, 1.82) is 0 Å². The summed E-state index contributed by atoms with van der Waals surface area (Å²) in [6.45, 7) is 4.88. The highest BCUT2D eigenvalue weighted by Gasteiger charge is 2.39. The van der Waals surface area contributed by atoms with Gasteiger partial charge in [0.15, 0.2) is 0 Å². The highest BCUT2D eigenvalue weighted by atomic mass is 15.2. The lowest BCUT2D eigenvalue weighted by molar-refractivity contribution is 0.661. The number of nitrogens with zero attached hydrogens (tertiary/aromatic N) is 2. The van der Waals surface area contributed by atoms with E-state index in [1.54, 1.807) is 0 Å². The van der Waals surface area contributed by atoms with E-state index in [-0.39, 0.29) is 5.41 Å². The molecule has 12 rings (SSSR count). The van der Waals surface area contributed by atoms with Crippen LogP contribution in [0.25, 0.3) is 43.4 Å². The molecule has 0 heterocycles. The third-order valence-electron chi connectivity index (χ3n) is 14.3. The Kier molecular flexibility index (Phi) is 8.46. The van der Waals surface area contributed by atoms with Gasteiger partial charge >= 0.3 is 0 Å². The first-order chi connectivity index (χ1) is 30.0. The summed E-state index contributed by atoms with van der Waals surface area (Å²) in [5.74, 6) is 0. The van der Waals surface area contributed by atoms with Gasteiger partial charge in [0.2, 0.25) is 0 Å². The van der Waals surface area contributed by atoms with Gasteiger partial charge in [-0.2, -0.15) is 0 Å². The molecular formula is C59H50N2. The van der Waals surface area contributed by atoms with Crippen molar-refractivity contribution in [2.75, 3.05) is 9.80 Å². The predicted octanol–water partition coefficient (Wildman–Crippen LogP) is 16.1. The van der Waals surface area contributed by atoms with Crippen LogP contribution in [0, 0.1) is 0 Å². The van der Waals surface area contributed by atoms with E-state index in [0.717, 1.165) is 12.8 Å². The lowest BCUT2D eigenvalue weighted by Gasteiger charge is -2.31. The van der Waals surface area contributed by atoms with Crippen molar-refractivity contribution in [3.8, 4) is 11.1 Å². The molecule has 0 saturated heterocycles. The van der Waals surface area contributed by atoms with Crippen molar-refractivity contribution in [3.05, 3.63) is 203 Å². The second kappa shape index (κ2) is 14.2. The second-order valence-corrected chi connectivity index (χ2v) is 18.2. The van der Waals surface area contributed by atoms with Gasteiger partial charge in [-0.1, -0.05) is 117 Å². The van der Waals surface area contributed by atoms with E-state index < -0.39 is 0 Å². The molecule has 3 aliphatic carbocycles. The molecule has 0 N–H and O–H groups in total. The Morgan fingerprint density at radius 2 is 0.869 bits per heavy atom. The molecule has 0 radical (unpaired) electrons.